The molecule has 5 heteroatoms. The molecule has 3 atom stereocenters. The van der Waals surface area contributed by atoms with Gasteiger partial charge in [-0.25, -0.2) is 0 Å². The lowest BCUT2D eigenvalue weighted by atomic mass is 9.82. The first kappa shape index (κ1) is 33.2. The van der Waals surface area contributed by atoms with Gasteiger partial charge in [0.25, 0.3) is 0 Å². The molecule has 0 radical (unpaired) electrons. The van der Waals surface area contributed by atoms with Crippen LogP contribution in [-0.2, 0) is 20.4 Å². The van der Waals surface area contributed by atoms with E-state index in [1.807, 2.05) is 12.2 Å². The monoisotopic (exact) mass is 671 g/mol. The zero-order chi connectivity index (χ0) is 32.6. The molecule has 0 N–H and O–H groups in total. The van der Waals surface area contributed by atoms with E-state index < -0.39 is 0 Å². The Balaban J connectivity index is 1.27. The van der Waals surface area contributed by atoms with Gasteiger partial charge in [-0.2, -0.15) is 0 Å². The molecule has 0 amide bonds. The summed E-state index contributed by atoms with van der Waals surface area (Å²) < 4.78 is 12.7. The fourth-order valence-electron chi connectivity index (χ4n) is 5.88. The van der Waals surface area contributed by atoms with Crippen molar-refractivity contribution in [2.75, 3.05) is 13.2 Å². The van der Waals surface area contributed by atoms with Crippen LogP contribution in [0.4, 0.5) is 0 Å². The highest BCUT2D eigenvalue weighted by atomic mass is 32.2. The summed E-state index contributed by atoms with van der Waals surface area (Å²) in [4.78, 5) is 8.52. The average Bonchev–Trinajstić information content (AvgIpc) is 3.11. The highest BCUT2D eigenvalue weighted by Crippen LogP contribution is 2.46. The van der Waals surface area contributed by atoms with Crippen LogP contribution in [0.3, 0.4) is 0 Å². The van der Waals surface area contributed by atoms with E-state index >= 15 is 0 Å². The number of rotatable bonds is 13. The molecule has 5 aromatic carbocycles. The van der Waals surface area contributed by atoms with Crippen molar-refractivity contribution in [2.24, 2.45) is 0 Å². The molecule has 1 aliphatic rings. The minimum Gasteiger partial charge on any atom is -0.369 e. The first-order valence-corrected chi connectivity index (χ1v) is 18.8. The van der Waals surface area contributed by atoms with E-state index in [1.54, 1.807) is 29.6 Å². The summed E-state index contributed by atoms with van der Waals surface area (Å²) in [5, 5.41) is 0. The van der Waals surface area contributed by atoms with E-state index in [2.05, 4.69) is 148 Å². The molecule has 0 aliphatic heterocycles. The normalized spacial score (nSPS) is 16.2. The Labute approximate surface area is 291 Å². The molecule has 0 heterocycles. The van der Waals surface area contributed by atoms with Gasteiger partial charge in [-0.1, -0.05) is 97.4 Å². The molecule has 47 heavy (non-hydrogen) atoms. The second-order valence-corrected chi connectivity index (χ2v) is 15.2. The fourth-order valence-corrected chi connectivity index (χ4v) is 9.60. The van der Waals surface area contributed by atoms with Gasteiger partial charge in [0.05, 0.1) is 10.9 Å². The van der Waals surface area contributed by atoms with Crippen molar-refractivity contribution in [1.29, 1.82) is 0 Å². The number of ether oxygens (including phenoxy) is 2. The molecule has 6 rings (SSSR count). The molecule has 0 bridgehead atoms. The molecule has 236 valence electrons. The third-order valence-electron chi connectivity index (χ3n) is 7.90. The van der Waals surface area contributed by atoms with E-state index in [9.17, 15) is 0 Å². The third kappa shape index (κ3) is 7.56. The van der Waals surface area contributed by atoms with Crippen molar-refractivity contribution in [1.82, 2.24) is 0 Å². The Hall–Kier alpha value is -3.71. The zero-order valence-electron chi connectivity index (χ0n) is 26.8. The molecule has 0 fully saturated rings. The van der Waals surface area contributed by atoms with Gasteiger partial charge >= 0.3 is 0 Å². The molecule has 0 spiro atoms. The quantitative estimate of drug-likeness (QED) is 0.0704. The first-order valence-electron chi connectivity index (χ1n) is 15.9. The van der Waals surface area contributed by atoms with Gasteiger partial charge < -0.3 is 9.47 Å². The number of allylic oxidation sites excluding steroid dienone is 3. The predicted molar refractivity (Wildman–Crippen MR) is 200 cm³/mol. The molecule has 5 aromatic rings. The van der Waals surface area contributed by atoms with Crippen molar-refractivity contribution >= 4 is 34.4 Å². The number of thioether (sulfide) groups is 1. The molecular formula is C42H39O2S3+. The third-order valence-corrected chi connectivity index (χ3v) is 12.2. The largest absolute Gasteiger partial charge is 0.369 e. The lowest BCUT2D eigenvalue weighted by molar-refractivity contribution is 0.0584. The average molecular weight is 672 g/mol. The van der Waals surface area contributed by atoms with Crippen molar-refractivity contribution in [3.63, 3.8) is 0 Å². The van der Waals surface area contributed by atoms with Gasteiger partial charge in [0.2, 0.25) is 0 Å². The minimum absolute atomic E-state index is 0.0857. The number of benzene rings is 5. The maximum atomic E-state index is 6.36. The van der Waals surface area contributed by atoms with Gasteiger partial charge in [-0.15, -0.1) is 0 Å². The van der Waals surface area contributed by atoms with Crippen LogP contribution in [0.25, 0.3) is 0 Å². The maximum Gasteiger partial charge on any atom is 0.166 e. The Morgan fingerprint density at radius 2 is 1.13 bits per heavy atom. The van der Waals surface area contributed by atoms with Crippen LogP contribution in [0.5, 0.6) is 0 Å². The Kier molecular flexibility index (Phi) is 11.2. The van der Waals surface area contributed by atoms with Crippen molar-refractivity contribution in [2.45, 2.75) is 55.4 Å². The first-order chi connectivity index (χ1) is 23.1. The van der Waals surface area contributed by atoms with Gasteiger partial charge in [-0.05, 0) is 115 Å². The summed E-state index contributed by atoms with van der Waals surface area (Å²) in [5.74, 6) is 0. The SMILES string of the molecule is C=C/C=C(\C=C)Sc1ccc([S+](c2ccccc2)c2ccc(Sc3ccc4c(c3)C(OCC)c3ccccc3C4OCC)cc2)cc1. The van der Waals surface area contributed by atoms with Gasteiger partial charge in [0.1, 0.15) is 12.2 Å². The smallest absolute Gasteiger partial charge is 0.166 e. The maximum absolute atomic E-state index is 6.36. The molecule has 1 aliphatic carbocycles. The van der Waals surface area contributed by atoms with Crippen LogP contribution in [0, 0.1) is 0 Å². The van der Waals surface area contributed by atoms with Crippen LogP contribution in [0.2, 0.25) is 0 Å². The Morgan fingerprint density at radius 3 is 1.70 bits per heavy atom. The fraction of sp³-hybridized carbons (Fsp3) is 0.143. The highest BCUT2D eigenvalue weighted by molar-refractivity contribution is 8.03. The molecule has 0 saturated carbocycles. The molecule has 2 nitrogen and oxygen atoms in total. The van der Waals surface area contributed by atoms with Crippen molar-refractivity contribution < 1.29 is 9.47 Å². The highest BCUT2D eigenvalue weighted by Gasteiger charge is 2.33. The van der Waals surface area contributed by atoms with Gasteiger partial charge in [-0.3, -0.25) is 0 Å². The van der Waals surface area contributed by atoms with Crippen LogP contribution < -0.4 is 0 Å². The standard InChI is InChI=1S/C42H39O2S3/c1-5-14-30(6-2)45-31-19-24-35(25-20-31)47(34-15-10-9-11-16-34)36-26-21-32(22-27-36)46-33-23-28-39-40(29-33)42(44-8-4)38-18-13-12-17-37(38)41(39)43-7-3/h5-6,9-29,41-42H,1-2,7-8H2,3-4H3/q+1/b30-14+. The Morgan fingerprint density at radius 1 is 0.617 bits per heavy atom. The molecular weight excluding hydrogens is 633 g/mol. The predicted octanol–water partition coefficient (Wildman–Crippen LogP) is 11.8. The van der Waals surface area contributed by atoms with Crippen LogP contribution in [0.15, 0.2) is 187 Å². The number of hydrogen-bond acceptors (Lipinski definition) is 4. The molecule has 0 aromatic heterocycles. The summed E-state index contributed by atoms with van der Waals surface area (Å²) in [7, 11) is -0.232. The Bertz CT molecular complexity index is 1850. The zero-order valence-corrected chi connectivity index (χ0v) is 29.3. The minimum atomic E-state index is -0.232. The van der Waals surface area contributed by atoms with E-state index in [1.165, 1.54) is 51.6 Å². The molecule has 0 saturated heterocycles. The summed E-state index contributed by atoms with van der Waals surface area (Å²) in [5.41, 5.74) is 4.78. The van der Waals surface area contributed by atoms with Crippen LogP contribution in [-0.4, -0.2) is 13.2 Å². The van der Waals surface area contributed by atoms with Crippen molar-refractivity contribution in [3.05, 3.63) is 180 Å². The lowest BCUT2D eigenvalue weighted by Gasteiger charge is -2.34. The summed E-state index contributed by atoms with van der Waals surface area (Å²) >= 11 is 3.48. The number of fused-ring (bicyclic) bond motifs is 2. The van der Waals surface area contributed by atoms with Gasteiger partial charge in [0, 0.05) is 32.8 Å². The summed E-state index contributed by atoms with van der Waals surface area (Å²) in [6, 6.07) is 44.1. The lowest BCUT2D eigenvalue weighted by Crippen LogP contribution is -2.22. The summed E-state index contributed by atoms with van der Waals surface area (Å²) in [6.07, 6.45) is 5.46. The van der Waals surface area contributed by atoms with E-state index in [4.69, 9.17) is 9.47 Å². The van der Waals surface area contributed by atoms with Crippen molar-refractivity contribution in [3.8, 4) is 0 Å². The summed E-state index contributed by atoms with van der Waals surface area (Å²) in [6.45, 7) is 13.2. The van der Waals surface area contributed by atoms with E-state index in [0.717, 1.165) is 4.91 Å². The van der Waals surface area contributed by atoms with Crippen LogP contribution in [0.1, 0.15) is 48.3 Å². The molecule has 3 unspecified atom stereocenters. The number of hydrogen-bond donors (Lipinski definition) is 0. The second-order valence-electron chi connectivity index (χ2n) is 10.9. The van der Waals surface area contributed by atoms with E-state index in [-0.39, 0.29) is 23.1 Å². The van der Waals surface area contributed by atoms with E-state index in [0.29, 0.717) is 13.2 Å². The van der Waals surface area contributed by atoms with Gasteiger partial charge in [0.15, 0.2) is 14.7 Å². The second kappa shape index (κ2) is 15.9. The topological polar surface area (TPSA) is 18.5 Å². The van der Waals surface area contributed by atoms with Crippen LogP contribution >= 0.6 is 23.5 Å².